The first-order valence-electron chi connectivity index (χ1n) is 8.98. The quantitative estimate of drug-likeness (QED) is 0.593. The average Bonchev–Trinajstić information content (AvgIpc) is 2.73. The van der Waals surface area contributed by atoms with E-state index in [0.717, 1.165) is 12.0 Å². The van der Waals surface area contributed by atoms with Crippen molar-refractivity contribution < 1.29 is 9.53 Å². The number of aromatic nitrogens is 1. The van der Waals surface area contributed by atoms with E-state index in [9.17, 15) is 4.79 Å². The van der Waals surface area contributed by atoms with Crippen molar-refractivity contribution in [1.82, 2.24) is 9.88 Å². The van der Waals surface area contributed by atoms with Gasteiger partial charge in [-0.1, -0.05) is 53.5 Å². The van der Waals surface area contributed by atoms with Crippen molar-refractivity contribution in [1.29, 1.82) is 0 Å². The second-order valence-corrected chi connectivity index (χ2v) is 7.48. The normalized spacial score (nSPS) is 13.1. The molecule has 3 aromatic rings. The van der Waals surface area contributed by atoms with Crippen molar-refractivity contribution in [3.63, 3.8) is 0 Å². The zero-order valence-electron chi connectivity index (χ0n) is 15.1. The van der Waals surface area contributed by atoms with Crippen LogP contribution in [0.3, 0.4) is 0 Å². The number of benzene rings is 2. The Hall–Kier alpha value is -2.56. The predicted molar refractivity (Wildman–Crippen MR) is 110 cm³/mol. The van der Waals surface area contributed by atoms with Crippen molar-refractivity contribution in [3.05, 3.63) is 93.2 Å². The van der Waals surface area contributed by atoms with Gasteiger partial charge in [0.15, 0.2) is 5.75 Å². The van der Waals surface area contributed by atoms with Gasteiger partial charge in [-0.25, -0.2) is 0 Å². The summed E-state index contributed by atoms with van der Waals surface area (Å²) in [6, 6.07) is 15.2. The van der Waals surface area contributed by atoms with Crippen LogP contribution in [0.5, 0.6) is 5.75 Å². The van der Waals surface area contributed by atoms with E-state index >= 15 is 0 Å². The molecule has 6 heteroatoms. The summed E-state index contributed by atoms with van der Waals surface area (Å²) in [6.07, 6.45) is 4.13. The van der Waals surface area contributed by atoms with Gasteiger partial charge >= 0.3 is 0 Å². The summed E-state index contributed by atoms with van der Waals surface area (Å²) in [4.78, 5) is 19.0. The third-order valence-electron chi connectivity index (χ3n) is 4.76. The number of carbonyl (C=O) groups excluding carboxylic acids is 1. The first-order chi connectivity index (χ1) is 13.6. The molecule has 4 nitrogen and oxygen atoms in total. The lowest BCUT2D eigenvalue weighted by Crippen LogP contribution is -2.36. The standard InChI is InChI=1S/C22H18Cl2N2O2/c23-19-6-3-7-20(24)21(19)28-14-15-10-18(12-25-11-15)22(27)26-9-8-16-4-1-2-5-17(16)13-26/h1-7,10-12H,8-9,13-14H2. The maximum absolute atomic E-state index is 12.9. The Balaban J connectivity index is 1.47. The molecular formula is C22H18Cl2N2O2. The molecule has 2 heterocycles. The number of halogens is 2. The lowest BCUT2D eigenvalue weighted by molar-refractivity contribution is 0.0734. The topological polar surface area (TPSA) is 42.4 Å². The van der Waals surface area contributed by atoms with Crippen LogP contribution in [-0.2, 0) is 19.6 Å². The number of hydrogen-bond donors (Lipinski definition) is 0. The number of nitrogens with zero attached hydrogens (tertiary/aromatic N) is 2. The summed E-state index contributed by atoms with van der Waals surface area (Å²) < 4.78 is 5.75. The molecule has 2 aromatic carbocycles. The van der Waals surface area contributed by atoms with Crippen molar-refractivity contribution in [3.8, 4) is 5.75 Å². The zero-order chi connectivity index (χ0) is 19.5. The summed E-state index contributed by atoms with van der Waals surface area (Å²) in [5.74, 6) is 0.398. The fourth-order valence-corrected chi connectivity index (χ4v) is 3.82. The summed E-state index contributed by atoms with van der Waals surface area (Å²) in [5, 5.41) is 0.888. The van der Waals surface area contributed by atoms with Crippen molar-refractivity contribution in [2.24, 2.45) is 0 Å². The van der Waals surface area contributed by atoms with E-state index in [4.69, 9.17) is 27.9 Å². The fourth-order valence-electron chi connectivity index (χ4n) is 3.31. The number of ether oxygens (including phenoxy) is 1. The first-order valence-corrected chi connectivity index (χ1v) is 9.74. The Kier molecular flexibility index (Phi) is 5.51. The minimum atomic E-state index is -0.0281. The molecular weight excluding hydrogens is 395 g/mol. The van der Waals surface area contributed by atoms with Crippen molar-refractivity contribution in [2.45, 2.75) is 19.6 Å². The molecule has 0 saturated carbocycles. The monoisotopic (exact) mass is 412 g/mol. The van der Waals surface area contributed by atoms with Crippen LogP contribution in [0.4, 0.5) is 0 Å². The lowest BCUT2D eigenvalue weighted by atomic mass is 9.99. The van der Waals surface area contributed by atoms with E-state index in [1.807, 2.05) is 17.0 Å². The van der Waals surface area contributed by atoms with Crippen LogP contribution < -0.4 is 4.74 Å². The number of amides is 1. The molecule has 4 rings (SSSR count). The third-order valence-corrected chi connectivity index (χ3v) is 5.36. The van der Waals surface area contributed by atoms with Gasteiger partial charge in [0, 0.05) is 31.0 Å². The zero-order valence-corrected chi connectivity index (χ0v) is 16.6. The van der Waals surface area contributed by atoms with Gasteiger partial charge in [-0.15, -0.1) is 0 Å². The molecule has 1 amide bonds. The molecule has 0 atom stereocenters. The highest BCUT2D eigenvalue weighted by Gasteiger charge is 2.22. The third kappa shape index (κ3) is 3.98. The van der Waals surface area contributed by atoms with E-state index in [1.54, 1.807) is 36.7 Å². The molecule has 0 radical (unpaired) electrons. The van der Waals surface area contributed by atoms with Gasteiger partial charge in [-0.2, -0.15) is 0 Å². The van der Waals surface area contributed by atoms with E-state index in [0.29, 0.717) is 34.4 Å². The highest BCUT2D eigenvalue weighted by molar-refractivity contribution is 6.37. The summed E-state index contributed by atoms with van der Waals surface area (Å²) in [6.45, 7) is 1.54. The number of fused-ring (bicyclic) bond motifs is 1. The van der Waals surface area contributed by atoms with E-state index < -0.39 is 0 Å². The highest BCUT2D eigenvalue weighted by Crippen LogP contribution is 2.33. The van der Waals surface area contributed by atoms with Gasteiger partial charge in [-0.05, 0) is 35.7 Å². The maximum atomic E-state index is 12.9. The summed E-state index contributed by atoms with van der Waals surface area (Å²) >= 11 is 12.3. The van der Waals surface area contributed by atoms with Crippen molar-refractivity contribution >= 4 is 29.1 Å². The Morgan fingerprint density at radius 3 is 2.57 bits per heavy atom. The molecule has 0 spiro atoms. The second kappa shape index (κ2) is 8.21. The van der Waals surface area contributed by atoms with Crippen LogP contribution in [0.2, 0.25) is 10.0 Å². The number of rotatable bonds is 4. The van der Waals surface area contributed by atoms with Gasteiger partial charge in [0.25, 0.3) is 5.91 Å². The molecule has 142 valence electrons. The number of pyridine rings is 1. The Morgan fingerprint density at radius 1 is 1.04 bits per heavy atom. The van der Waals surface area contributed by atoms with Crippen LogP contribution in [0, 0.1) is 0 Å². The van der Waals surface area contributed by atoms with E-state index in [2.05, 4.69) is 17.1 Å². The summed E-state index contributed by atoms with van der Waals surface area (Å²) in [5.41, 5.74) is 3.83. The molecule has 0 N–H and O–H groups in total. The lowest BCUT2D eigenvalue weighted by Gasteiger charge is -2.29. The van der Waals surface area contributed by atoms with Gasteiger partial charge in [-0.3, -0.25) is 9.78 Å². The Bertz CT molecular complexity index is 1000. The summed E-state index contributed by atoms with van der Waals surface area (Å²) in [7, 11) is 0. The fraction of sp³-hybridized carbons (Fsp3) is 0.182. The van der Waals surface area contributed by atoms with E-state index in [-0.39, 0.29) is 12.5 Å². The van der Waals surface area contributed by atoms with Crippen molar-refractivity contribution in [2.75, 3.05) is 6.54 Å². The van der Waals surface area contributed by atoms with Gasteiger partial charge < -0.3 is 9.64 Å². The molecule has 0 aliphatic carbocycles. The molecule has 0 unspecified atom stereocenters. The minimum Gasteiger partial charge on any atom is -0.486 e. The molecule has 0 fully saturated rings. The molecule has 0 saturated heterocycles. The SMILES string of the molecule is O=C(c1cncc(COc2c(Cl)cccc2Cl)c1)N1CCc2ccccc2C1. The molecule has 1 aliphatic rings. The van der Waals surface area contributed by atoms with Crippen LogP contribution in [0.1, 0.15) is 27.0 Å². The number of para-hydroxylation sites is 1. The van der Waals surface area contributed by atoms with Crippen LogP contribution >= 0.6 is 23.2 Å². The Morgan fingerprint density at radius 2 is 1.79 bits per heavy atom. The van der Waals surface area contributed by atoms with E-state index in [1.165, 1.54) is 11.1 Å². The maximum Gasteiger partial charge on any atom is 0.255 e. The molecule has 0 bridgehead atoms. The smallest absolute Gasteiger partial charge is 0.255 e. The number of carbonyl (C=O) groups is 1. The first kappa shape index (κ1) is 18.8. The largest absolute Gasteiger partial charge is 0.486 e. The molecule has 28 heavy (non-hydrogen) atoms. The second-order valence-electron chi connectivity index (χ2n) is 6.67. The minimum absolute atomic E-state index is 0.0281. The predicted octanol–water partition coefficient (Wildman–Crippen LogP) is 5.17. The number of hydrogen-bond acceptors (Lipinski definition) is 3. The van der Waals surface area contributed by atoms with Crippen LogP contribution in [-0.4, -0.2) is 22.3 Å². The van der Waals surface area contributed by atoms with Crippen LogP contribution in [0.15, 0.2) is 60.9 Å². The molecule has 1 aromatic heterocycles. The van der Waals surface area contributed by atoms with Gasteiger partial charge in [0.2, 0.25) is 0 Å². The van der Waals surface area contributed by atoms with Gasteiger partial charge in [0.05, 0.1) is 15.6 Å². The van der Waals surface area contributed by atoms with Crippen LogP contribution in [0.25, 0.3) is 0 Å². The average molecular weight is 413 g/mol. The highest BCUT2D eigenvalue weighted by atomic mass is 35.5. The Labute approximate surface area is 173 Å². The van der Waals surface area contributed by atoms with Gasteiger partial charge in [0.1, 0.15) is 6.61 Å². The molecule has 1 aliphatic heterocycles.